The van der Waals surface area contributed by atoms with Crippen molar-refractivity contribution in [1.82, 2.24) is 0 Å². The average Bonchev–Trinajstić information content (AvgIpc) is 2.46. The summed E-state index contributed by atoms with van der Waals surface area (Å²) in [5.41, 5.74) is 2.77. The molecule has 0 spiro atoms. The van der Waals surface area contributed by atoms with Crippen molar-refractivity contribution in [3.8, 4) is 0 Å². The lowest BCUT2D eigenvalue weighted by Crippen LogP contribution is -2.46. The van der Waals surface area contributed by atoms with Gasteiger partial charge in [0, 0.05) is 5.69 Å². The lowest BCUT2D eigenvalue weighted by Gasteiger charge is -2.39. The Morgan fingerprint density at radius 3 is 2.86 bits per heavy atom. The Bertz CT molecular complexity index is 639. The minimum Gasteiger partial charge on any atom is -0.393 e. The van der Waals surface area contributed by atoms with E-state index in [9.17, 15) is 9.50 Å². The van der Waals surface area contributed by atoms with Gasteiger partial charge in [0.1, 0.15) is 11.4 Å². The molecule has 0 bridgehead atoms. The summed E-state index contributed by atoms with van der Waals surface area (Å²) in [6.07, 6.45) is 0. The molecule has 21 heavy (non-hydrogen) atoms. The molecule has 0 fully saturated rings. The lowest BCUT2D eigenvalue weighted by atomic mass is 9.85. The molecule has 3 nitrogen and oxygen atoms in total. The Morgan fingerprint density at radius 2 is 2.10 bits per heavy atom. The fourth-order valence-corrected chi connectivity index (χ4v) is 2.88. The molecule has 1 aliphatic rings. The molecule has 4 heteroatoms. The Hall–Kier alpha value is -1.91. The summed E-state index contributed by atoms with van der Waals surface area (Å²) in [4.78, 5) is 0. The van der Waals surface area contributed by atoms with Gasteiger partial charge in [-0.15, -0.1) is 0 Å². The standard InChI is InChI=1S/C17H18FNO2/c1-12-6-14(18)8-15(7-12)19-17(10-20)11-21-9-13-4-2-3-5-16(13)17/h2-8,19-20H,9-11H2,1H3. The number of benzene rings is 2. The molecule has 3 rings (SSSR count). The van der Waals surface area contributed by atoms with Crippen LogP contribution in [0.1, 0.15) is 16.7 Å². The largest absolute Gasteiger partial charge is 0.393 e. The number of aryl methyl sites for hydroxylation is 1. The van der Waals surface area contributed by atoms with Crippen molar-refractivity contribution in [3.63, 3.8) is 0 Å². The van der Waals surface area contributed by atoms with Crippen molar-refractivity contribution in [2.75, 3.05) is 18.5 Å². The van der Waals surface area contributed by atoms with Gasteiger partial charge in [-0.25, -0.2) is 4.39 Å². The van der Waals surface area contributed by atoms with Crippen molar-refractivity contribution < 1.29 is 14.2 Å². The highest BCUT2D eigenvalue weighted by Crippen LogP contribution is 2.33. The number of hydrogen-bond acceptors (Lipinski definition) is 3. The molecule has 1 heterocycles. The summed E-state index contributed by atoms with van der Waals surface area (Å²) in [7, 11) is 0. The number of rotatable bonds is 3. The van der Waals surface area contributed by atoms with E-state index in [0.717, 1.165) is 16.7 Å². The first-order valence-corrected chi connectivity index (χ1v) is 6.95. The third kappa shape index (κ3) is 2.64. The van der Waals surface area contributed by atoms with Gasteiger partial charge in [0.05, 0.1) is 19.8 Å². The van der Waals surface area contributed by atoms with Crippen LogP contribution in [0.2, 0.25) is 0 Å². The van der Waals surface area contributed by atoms with E-state index >= 15 is 0 Å². The van der Waals surface area contributed by atoms with Gasteiger partial charge in [0.15, 0.2) is 0 Å². The number of nitrogens with one attached hydrogen (secondary N) is 1. The van der Waals surface area contributed by atoms with Gasteiger partial charge in [-0.1, -0.05) is 24.3 Å². The molecule has 2 N–H and O–H groups in total. The molecule has 1 unspecified atom stereocenters. The van der Waals surface area contributed by atoms with Crippen molar-refractivity contribution in [2.24, 2.45) is 0 Å². The fraction of sp³-hybridized carbons (Fsp3) is 0.294. The van der Waals surface area contributed by atoms with Gasteiger partial charge in [-0.2, -0.15) is 0 Å². The Morgan fingerprint density at radius 1 is 1.29 bits per heavy atom. The Kier molecular flexibility index (Phi) is 3.66. The van der Waals surface area contributed by atoms with Crippen molar-refractivity contribution in [1.29, 1.82) is 0 Å². The van der Waals surface area contributed by atoms with Crippen LogP contribution >= 0.6 is 0 Å². The second-order valence-electron chi connectivity index (χ2n) is 5.53. The second-order valence-corrected chi connectivity index (χ2v) is 5.53. The minimum absolute atomic E-state index is 0.125. The molecular formula is C17H18FNO2. The quantitative estimate of drug-likeness (QED) is 0.912. The number of aliphatic hydroxyl groups excluding tert-OH is 1. The monoisotopic (exact) mass is 287 g/mol. The van der Waals surface area contributed by atoms with Gasteiger partial charge < -0.3 is 15.2 Å². The first-order valence-electron chi connectivity index (χ1n) is 6.95. The van der Waals surface area contributed by atoms with Crippen LogP contribution < -0.4 is 5.32 Å². The van der Waals surface area contributed by atoms with Gasteiger partial charge in [-0.05, 0) is 41.8 Å². The Balaban J connectivity index is 2.02. The number of halogens is 1. The molecule has 2 aromatic carbocycles. The van der Waals surface area contributed by atoms with Crippen LogP contribution in [0.3, 0.4) is 0 Å². The molecule has 1 aliphatic heterocycles. The van der Waals surface area contributed by atoms with Crippen LogP contribution in [0.25, 0.3) is 0 Å². The van der Waals surface area contributed by atoms with E-state index in [1.807, 2.05) is 37.3 Å². The molecule has 0 saturated heterocycles. The second kappa shape index (κ2) is 5.47. The van der Waals surface area contributed by atoms with Crippen molar-refractivity contribution >= 4 is 5.69 Å². The van der Waals surface area contributed by atoms with E-state index in [0.29, 0.717) is 18.9 Å². The normalized spacial score (nSPS) is 20.9. The smallest absolute Gasteiger partial charge is 0.125 e. The van der Waals surface area contributed by atoms with Crippen LogP contribution in [0.4, 0.5) is 10.1 Å². The van der Waals surface area contributed by atoms with Gasteiger partial charge in [-0.3, -0.25) is 0 Å². The van der Waals surface area contributed by atoms with Crippen LogP contribution in [-0.4, -0.2) is 18.3 Å². The predicted octanol–water partition coefficient (Wildman–Crippen LogP) is 2.96. The van der Waals surface area contributed by atoms with Crippen molar-refractivity contribution in [3.05, 3.63) is 65.0 Å². The predicted molar refractivity (Wildman–Crippen MR) is 79.6 cm³/mol. The molecule has 0 amide bonds. The zero-order chi connectivity index (χ0) is 14.9. The van der Waals surface area contributed by atoms with Gasteiger partial charge in [0.25, 0.3) is 0 Å². The first-order chi connectivity index (χ1) is 10.1. The first kappa shape index (κ1) is 14.0. The van der Waals surface area contributed by atoms with Gasteiger partial charge in [0.2, 0.25) is 0 Å². The minimum atomic E-state index is -0.741. The number of anilines is 1. The third-order valence-corrected chi connectivity index (χ3v) is 3.83. The molecule has 0 aromatic heterocycles. The molecule has 0 aliphatic carbocycles. The molecule has 0 saturated carbocycles. The topological polar surface area (TPSA) is 41.5 Å². The number of hydrogen-bond donors (Lipinski definition) is 2. The molecular weight excluding hydrogens is 269 g/mol. The van der Waals surface area contributed by atoms with Crippen LogP contribution in [0.15, 0.2) is 42.5 Å². The summed E-state index contributed by atoms with van der Waals surface area (Å²) in [6, 6.07) is 12.6. The molecule has 110 valence electrons. The van der Waals surface area contributed by atoms with Gasteiger partial charge >= 0.3 is 0 Å². The molecule has 0 radical (unpaired) electrons. The number of fused-ring (bicyclic) bond motifs is 1. The van der Waals surface area contributed by atoms with E-state index in [1.54, 1.807) is 0 Å². The highest BCUT2D eigenvalue weighted by Gasteiger charge is 2.37. The Labute approximate surface area is 123 Å². The zero-order valence-corrected chi connectivity index (χ0v) is 11.9. The summed E-state index contributed by atoms with van der Waals surface area (Å²) in [6.45, 7) is 2.59. The summed E-state index contributed by atoms with van der Waals surface area (Å²) >= 11 is 0. The van der Waals surface area contributed by atoms with Crippen LogP contribution in [0.5, 0.6) is 0 Å². The third-order valence-electron chi connectivity index (χ3n) is 3.83. The maximum absolute atomic E-state index is 13.6. The summed E-state index contributed by atoms with van der Waals surface area (Å²) in [5.74, 6) is -0.296. The van der Waals surface area contributed by atoms with Crippen LogP contribution in [0, 0.1) is 12.7 Å². The average molecular weight is 287 g/mol. The maximum Gasteiger partial charge on any atom is 0.125 e. The maximum atomic E-state index is 13.6. The fourth-order valence-electron chi connectivity index (χ4n) is 2.88. The van der Waals surface area contributed by atoms with E-state index < -0.39 is 5.54 Å². The van der Waals surface area contributed by atoms with Crippen molar-refractivity contribution in [2.45, 2.75) is 19.1 Å². The van der Waals surface area contributed by atoms with E-state index in [1.165, 1.54) is 12.1 Å². The SMILES string of the molecule is Cc1cc(F)cc(NC2(CO)COCc3ccccc32)c1. The number of ether oxygens (including phenoxy) is 1. The van der Waals surface area contributed by atoms with E-state index in [2.05, 4.69) is 5.32 Å². The highest BCUT2D eigenvalue weighted by atomic mass is 19.1. The summed E-state index contributed by atoms with van der Waals surface area (Å²) < 4.78 is 19.2. The van der Waals surface area contributed by atoms with E-state index in [-0.39, 0.29) is 12.4 Å². The molecule has 2 aromatic rings. The summed E-state index contributed by atoms with van der Waals surface area (Å²) in [5, 5.41) is 13.2. The van der Waals surface area contributed by atoms with Crippen LogP contribution in [-0.2, 0) is 16.9 Å². The van der Waals surface area contributed by atoms with E-state index in [4.69, 9.17) is 4.74 Å². The highest BCUT2D eigenvalue weighted by molar-refractivity contribution is 5.52. The number of aliphatic hydroxyl groups is 1. The molecule has 1 atom stereocenters. The zero-order valence-electron chi connectivity index (χ0n) is 11.9. The lowest BCUT2D eigenvalue weighted by molar-refractivity contribution is 0.0357.